The highest BCUT2D eigenvalue weighted by atomic mass is 16.2. The second-order valence-electron chi connectivity index (χ2n) is 7.54. The van der Waals surface area contributed by atoms with Crippen molar-refractivity contribution in [2.75, 3.05) is 6.54 Å². The number of nitrogens with one attached hydrogen (secondary N) is 1. The van der Waals surface area contributed by atoms with Crippen LogP contribution in [0.5, 0.6) is 0 Å². The number of pyridine rings is 2. The smallest absolute Gasteiger partial charge is 0.256 e. The summed E-state index contributed by atoms with van der Waals surface area (Å²) >= 11 is 0. The van der Waals surface area contributed by atoms with E-state index in [1.165, 1.54) is 6.20 Å². The lowest BCUT2D eigenvalue weighted by molar-refractivity contribution is -0.126. The van der Waals surface area contributed by atoms with Gasteiger partial charge in [0.2, 0.25) is 5.91 Å². The largest absolute Gasteiger partial charge is 0.350 e. The normalized spacial score (nSPS) is 15.7. The predicted molar refractivity (Wildman–Crippen MR) is 110 cm³/mol. The van der Waals surface area contributed by atoms with E-state index < -0.39 is 6.04 Å². The molecule has 1 atom stereocenters. The van der Waals surface area contributed by atoms with Crippen molar-refractivity contribution >= 4 is 11.8 Å². The van der Waals surface area contributed by atoms with Gasteiger partial charge in [-0.1, -0.05) is 0 Å². The predicted octanol–water partition coefficient (Wildman–Crippen LogP) is 2.31. The maximum Gasteiger partial charge on any atom is 0.256 e. The fourth-order valence-electron chi connectivity index (χ4n) is 3.74. The van der Waals surface area contributed by atoms with Crippen molar-refractivity contribution in [1.29, 1.82) is 0 Å². The van der Waals surface area contributed by atoms with Gasteiger partial charge in [-0.2, -0.15) is 0 Å². The van der Waals surface area contributed by atoms with E-state index in [2.05, 4.69) is 20.3 Å². The monoisotopic (exact) mass is 404 g/mol. The van der Waals surface area contributed by atoms with Gasteiger partial charge in [0.15, 0.2) is 6.04 Å². The molecule has 2 amide bonds. The zero-order valence-corrected chi connectivity index (χ0v) is 17.0. The molecular weight excluding hydrogens is 380 g/mol. The van der Waals surface area contributed by atoms with E-state index in [0.717, 1.165) is 17.0 Å². The Kier molecular flexibility index (Phi) is 5.56. The SMILES string of the molecule is CC(C)n1cnc2c1C(C(=O)NCc1ccncc1)N(C(=O)c1cccnc1)CC2. The molecular formula is C22H24N6O2. The van der Waals surface area contributed by atoms with E-state index in [9.17, 15) is 9.59 Å². The Morgan fingerprint density at radius 3 is 2.67 bits per heavy atom. The first-order valence-electron chi connectivity index (χ1n) is 9.99. The van der Waals surface area contributed by atoms with Gasteiger partial charge in [0, 0.05) is 50.3 Å². The third kappa shape index (κ3) is 3.80. The van der Waals surface area contributed by atoms with E-state index in [1.807, 2.05) is 30.5 Å². The standard InChI is InChI=1S/C22H24N6O2/c1-15(2)28-14-26-18-7-11-27(22(30)17-4-3-8-24-13-17)20(19(18)28)21(29)25-12-16-5-9-23-10-6-16/h3-6,8-10,13-15,20H,7,11-12H2,1-2H3,(H,25,29). The number of hydrogen-bond acceptors (Lipinski definition) is 5. The molecule has 1 N–H and O–H groups in total. The molecule has 1 aliphatic rings. The molecule has 8 nitrogen and oxygen atoms in total. The minimum absolute atomic E-state index is 0.116. The van der Waals surface area contributed by atoms with Crippen LogP contribution < -0.4 is 5.32 Å². The first kappa shape index (κ1) is 19.8. The highest BCUT2D eigenvalue weighted by molar-refractivity contribution is 5.98. The van der Waals surface area contributed by atoms with Gasteiger partial charge >= 0.3 is 0 Å². The van der Waals surface area contributed by atoms with Crippen LogP contribution in [0, 0.1) is 0 Å². The molecule has 4 heterocycles. The maximum atomic E-state index is 13.4. The number of nitrogens with zero attached hydrogens (tertiary/aromatic N) is 5. The summed E-state index contributed by atoms with van der Waals surface area (Å²) in [5, 5.41) is 2.98. The molecule has 0 saturated heterocycles. The molecule has 0 fully saturated rings. The van der Waals surface area contributed by atoms with Gasteiger partial charge in [0.1, 0.15) is 0 Å². The summed E-state index contributed by atoms with van der Waals surface area (Å²) in [7, 11) is 0. The van der Waals surface area contributed by atoms with Crippen LogP contribution in [0.15, 0.2) is 55.4 Å². The number of imidazole rings is 1. The first-order valence-corrected chi connectivity index (χ1v) is 9.99. The van der Waals surface area contributed by atoms with Gasteiger partial charge in [-0.05, 0) is 43.7 Å². The van der Waals surface area contributed by atoms with Crippen LogP contribution in [0.25, 0.3) is 0 Å². The van der Waals surface area contributed by atoms with Crippen LogP contribution in [0.1, 0.15) is 53.2 Å². The molecule has 3 aromatic heterocycles. The fourth-order valence-corrected chi connectivity index (χ4v) is 3.74. The summed E-state index contributed by atoms with van der Waals surface area (Å²) in [5.41, 5.74) is 3.05. The summed E-state index contributed by atoms with van der Waals surface area (Å²) in [6.45, 7) is 4.85. The van der Waals surface area contributed by atoms with Crippen molar-refractivity contribution in [2.45, 2.75) is 38.9 Å². The van der Waals surface area contributed by atoms with E-state index in [1.54, 1.807) is 42.0 Å². The summed E-state index contributed by atoms with van der Waals surface area (Å²) in [6, 6.07) is 6.50. The molecule has 0 aliphatic carbocycles. The number of rotatable bonds is 5. The highest BCUT2D eigenvalue weighted by Crippen LogP contribution is 2.32. The van der Waals surface area contributed by atoms with Crippen molar-refractivity contribution in [1.82, 2.24) is 29.7 Å². The van der Waals surface area contributed by atoms with Crippen molar-refractivity contribution in [2.24, 2.45) is 0 Å². The van der Waals surface area contributed by atoms with Gasteiger partial charge in [0.25, 0.3) is 5.91 Å². The van der Waals surface area contributed by atoms with Gasteiger partial charge in [0.05, 0.1) is 23.3 Å². The van der Waals surface area contributed by atoms with Crippen molar-refractivity contribution in [3.63, 3.8) is 0 Å². The Hall–Kier alpha value is -3.55. The molecule has 3 aromatic rings. The van der Waals surface area contributed by atoms with Crippen LogP contribution in [0.2, 0.25) is 0 Å². The van der Waals surface area contributed by atoms with Gasteiger partial charge < -0.3 is 14.8 Å². The second kappa shape index (κ2) is 8.44. The molecule has 0 saturated carbocycles. The Bertz CT molecular complexity index is 1030. The van der Waals surface area contributed by atoms with E-state index in [4.69, 9.17) is 0 Å². The Morgan fingerprint density at radius 1 is 1.17 bits per heavy atom. The highest BCUT2D eigenvalue weighted by Gasteiger charge is 2.39. The number of fused-ring (bicyclic) bond motifs is 1. The van der Waals surface area contributed by atoms with Crippen LogP contribution in [-0.2, 0) is 17.8 Å². The zero-order valence-electron chi connectivity index (χ0n) is 17.0. The van der Waals surface area contributed by atoms with E-state index in [-0.39, 0.29) is 17.9 Å². The summed E-state index contributed by atoms with van der Waals surface area (Å²) < 4.78 is 1.98. The topological polar surface area (TPSA) is 93.0 Å². The number of hydrogen-bond donors (Lipinski definition) is 1. The molecule has 1 aliphatic heterocycles. The Morgan fingerprint density at radius 2 is 1.97 bits per heavy atom. The lowest BCUT2D eigenvalue weighted by Gasteiger charge is -2.36. The van der Waals surface area contributed by atoms with Crippen LogP contribution in [0.3, 0.4) is 0 Å². The quantitative estimate of drug-likeness (QED) is 0.704. The van der Waals surface area contributed by atoms with Crippen molar-refractivity contribution in [3.8, 4) is 0 Å². The Labute approximate surface area is 175 Å². The summed E-state index contributed by atoms with van der Waals surface area (Å²) in [4.78, 5) is 40.8. The number of carbonyl (C=O) groups is 2. The van der Waals surface area contributed by atoms with Gasteiger partial charge in [-0.25, -0.2) is 4.98 Å². The molecule has 4 rings (SSSR count). The van der Waals surface area contributed by atoms with Crippen LogP contribution >= 0.6 is 0 Å². The summed E-state index contributed by atoms with van der Waals surface area (Å²) in [5.74, 6) is -0.443. The fraction of sp³-hybridized carbons (Fsp3) is 0.318. The lowest BCUT2D eigenvalue weighted by Crippen LogP contribution is -2.48. The van der Waals surface area contributed by atoms with Crippen LogP contribution in [0.4, 0.5) is 0 Å². The molecule has 0 aromatic carbocycles. The van der Waals surface area contributed by atoms with Crippen molar-refractivity contribution < 1.29 is 9.59 Å². The third-order valence-electron chi connectivity index (χ3n) is 5.26. The molecule has 30 heavy (non-hydrogen) atoms. The van der Waals surface area contributed by atoms with E-state index in [0.29, 0.717) is 25.1 Å². The molecule has 0 bridgehead atoms. The number of amides is 2. The van der Waals surface area contributed by atoms with Crippen LogP contribution in [-0.4, -0.2) is 42.8 Å². The molecule has 1 unspecified atom stereocenters. The van der Waals surface area contributed by atoms with E-state index >= 15 is 0 Å². The van der Waals surface area contributed by atoms with Gasteiger partial charge in [-0.15, -0.1) is 0 Å². The average molecular weight is 404 g/mol. The lowest BCUT2D eigenvalue weighted by atomic mass is 9.99. The molecule has 0 spiro atoms. The minimum Gasteiger partial charge on any atom is -0.350 e. The summed E-state index contributed by atoms with van der Waals surface area (Å²) in [6.07, 6.45) is 8.89. The zero-order chi connectivity index (χ0) is 21.1. The number of aromatic nitrogens is 4. The molecule has 0 radical (unpaired) electrons. The maximum absolute atomic E-state index is 13.4. The minimum atomic E-state index is -0.756. The first-order chi connectivity index (χ1) is 14.6. The second-order valence-corrected chi connectivity index (χ2v) is 7.54. The molecule has 8 heteroatoms. The average Bonchev–Trinajstić information content (AvgIpc) is 3.22. The van der Waals surface area contributed by atoms with Crippen molar-refractivity contribution in [3.05, 3.63) is 77.9 Å². The van der Waals surface area contributed by atoms with Gasteiger partial charge in [-0.3, -0.25) is 19.6 Å². The Balaban J connectivity index is 1.68. The number of carbonyl (C=O) groups excluding carboxylic acids is 2. The third-order valence-corrected chi connectivity index (χ3v) is 5.26. The molecule has 154 valence electrons.